The molecule has 7 heteroatoms. The van der Waals surface area contributed by atoms with Gasteiger partial charge < -0.3 is 33.2 Å². The first-order valence-electron chi connectivity index (χ1n) is 35.3. The van der Waals surface area contributed by atoms with E-state index in [0.717, 1.165) is 65.0 Å². The lowest BCUT2D eigenvalue weighted by Crippen LogP contribution is -2.25. The molecule has 0 saturated heterocycles. The van der Waals surface area contributed by atoms with E-state index in [1.165, 1.54) is 321 Å². The summed E-state index contributed by atoms with van der Waals surface area (Å²) in [5, 5.41) is 0. The highest BCUT2D eigenvalue weighted by atomic mass is 16.8. The lowest BCUT2D eigenvalue weighted by molar-refractivity contribution is -0.233. The van der Waals surface area contributed by atoms with Gasteiger partial charge in [-0.1, -0.05) is 310 Å². The molecule has 0 bridgehead atoms. The Morgan fingerprint density at radius 1 is 0.182 bits per heavy atom. The van der Waals surface area contributed by atoms with Crippen molar-refractivity contribution in [1.29, 1.82) is 0 Å². The molecule has 0 heterocycles. The molecule has 0 amide bonds. The summed E-state index contributed by atoms with van der Waals surface area (Å²) in [7, 11) is 3.57. The molecule has 0 aliphatic heterocycles. The SMILES string of the molecule is CCCCCCCCCCOC(CCCCCCCCCCCCC(OC)OC(CCCCCCCCCCCCC(OCCCCCCCCCC)OCCCCCCCCCC)OC)OCCCCCCCCCC. The maximum Gasteiger partial charge on any atom is 0.160 e. The molecule has 0 aliphatic rings. The van der Waals surface area contributed by atoms with Gasteiger partial charge in [0, 0.05) is 40.6 Å². The summed E-state index contributed by atoms with van der Waals surface area (Å²) in [5.74, 6) is 0. The van der Waals surface area contributed by atoms with Crippen LogP contribution in [0.2, 0.25) is 0 Å². The van der Waals surface area contributed by atoms with Crippen LogP contribution in [0.3, 0.4) is 0 Å². The van der Waals surface area contributed by atoms with E-state index >= 15 is 0 Å². The topological polar surface area (TPSA) is 64.6 Å². The molecular formula is C70H142O7. The maximum absolute atomic E-state index is 6.33. The fourth-order valence-corrected chi connectivity index (χ4v) is 11.0. The Kier molecular flexibility index (Phi) is 68.0. The third kappa shape index (κ3) is 61.6. The van der Waals surface area contributed by atoms with Gasteiger partial charge in [-0.3, -0.25) is 0 Å². The van der Waals surface area contributed by atoms with Crippen molar-refractivity contribution in [2.24, 2.45) is 0 Å². The van der Waals surface area contributed by atoms with Gasteiger partial charge in [0.05, 0.1) is 0 Å². The van der Waals surface area contributed by atoms with Crippen molar-refractivity contribution in [1.82, 2.24) is 0 Å². The quantitative estimate of drug-likeness (QED) is 0.0444. The molecule has 0 fully saturated rings. The largest absolute Gasteiger partial charge is 0.356 e. The molecule has 2 unspecified atom stereocenters. The van der Waals surface area contributed by atoms with Crippen molar-refractivity contribution in [3.63, 3.8) is 0 Å². The number of methoxy groups -OCH3 is 2. The van der Waals surface area contributed by atoms with E-state index in [9.17, 15) is 0 Å². The van der Waals surface area contributed by atoms with E-state index in [-0.39, 0.29) is 25.2 Å². The summed E-state index contributed by atoms with van der Waals surface area (Å²) in [6.45, 7) is 12.6. The van der Waals surface area contributed by atoms with Crippen molar-refractivity contribution in [2.45, 2.75) is 412 Å². The van der Waals surface area contributed by atoms with Crippen LogP contribution in [0.5, 0.6) is 0 Å². The van der Waals surface area contributed by atoms with Crippen LogP contribution in [0.1, 0.15) is 387 Å². The number of unbranched alkanes of at least 4 members (excludes halogenated alkanes) is 46. The molecule has 0 rings (SSSR count). The molecule has 464 valence electrons. The molecule has 0 aromatic carbocycles. The van der Waals surface area contributed by atoms with Crippen molar-refractivity contribution in [2.75, 3.05) is 40.6 Å². The Bertz CT molecular complexity index is 908. The highest BCUT2D eigenvalue weighted by Crippen LogP contribution is 2.21. The summed E-state index contributed by atoms with van der Waals surface area (Å²) < 4.78 is 43.1. The van der Waals surface area contributed by atoms with Crippen LogP contribution < -0.4 is 0 Å². The minimum atomic E-state index is -0.170. The Hall–Kier alpha value is -0.280. The standard InChI is InChI=1S/C70H142O7/c1-7-11-15-19-23-39-47-55-63-73-69(74-64-56-48-40-24-20-16-12-8-2)61-53-45-37-33-29-27-31-35-43-51-59-67(71-5)77-68(72-6)60-52-44-36-32-28-30-34-38-46-54-62-70(75-65-57-49-41-25-21-17-13-9-3)76-66-58-50-42-26-22-18-14-10-4/h67-70H,7-66H2,1-6H3. The zero-order valence-electron chi connectivity index (χ0n) is 53.6. The van der Waals surface area contributed by atoms with Gasteiger partial charge in [0.25, 0.3) is 0 Å². The van der Waals surface area contributed by atoms with Crippen molar-refractivity contribution < 1.29 is 33.2 Å². The highest BCUT2D eigenvalue weighted by molar-refractivity contribution is 4.58. The average molecular weight is 1100 g/mol. The van der Waals surface area contributed by atoms with Crippen molar-refractivity contribution in [3.8, 4) is 0 Å². The first-order chi connectivity index (χ1) is 38.1. The normalized spacial score (nSPS) is 12.8. The fraction of sp³-hybridized carbons (Fsp3) is 1.00. The van der Waals surface area contributed by atoms with E-state index in [4.69, 9.17) is 33.2 Å². The molecule has 0 N–H and O–H groups in total. The third-order valence-corrected chi connectivity index (χ3v) is 16.3. The minimum Gasteiger partial charge on any atom is -0.356 e. The van der Waals surface area contributed by atoms with Gasteiger partial charge in [-0.15, -0.1) is 0 Å². The molecule has 0 aromatic rings. The summed E-state index contributed by atoms with van der Waals surface area (Å²) in [6.07, 6.45) is 72.6. The van der Waals surface area contributed by atoms with Gasteiger partial charge in [-0.25, -0.2) is 0 Å². The van der Waals surface area contributed by atoms with Crippen molar-refractivity contribution in [3.05, 3.63) is 0 Å². The molecule has 0 spiro atoms. The van der Waals surface area contributed by atoms with E-state index in [2.05, 4.69) is 27.7 Å². The van der Waals surface area contributed by atoms with Gasteiger partial charge >= 0.3 is 0 Å². The minimum absolute atomic E-state index is 0.000892. The second kappa shape index (κ2) is 68.2. The van der Waals surface area contributed by atoms with Crippen LogP contribution in [-0.4, -0.2) is 65.8 Å². The molecule has 77 heavy (non-hydrogen) atoms. The van der Waals surface area contributed by atoms with Crippen molar-refractivity contribution >= 4 is 0 Å². The van der Waals surface area contributed by atoms with E-state index in [1.807, 2.05) is 0 Å². The molecule has 0 radical (unpaired) electrons. The van der Waals surface area contributed by atoms with Gasteiger partial charge in [-0.2, -0.15) is 0 Å². The van der Waals surface area contributed by atoms with Gasteiger partial charge in [-0.05, 0) is 77.0 Å². The second-order valence-corrected chi connectivity index (χ2v) is 23.9. The van der Waals surface area contributed by atoms with Gasteiger partial charge in [0.15, 0.2) is 25.2 Å². The lowest BCUT2D eigenvalue weighted by Gasteiger charge is -2.23. The van der Waals surface area contributed by atoms with E-state index in [0.29, 0.717) is 0 Å². The number of rotatable bonds is 70. The zero-order chi connectivity index (χ0) is 55.7. The first kappa shape index (κ1) is 76.7. The predicted octanol–water partition coefficient (Wildman–Crippen LogP) is 23.6. The zero-order valence-corrected chi connectivity index (χ0v) is 53.6. The number of ether oxygens (including phenoxy) is 7. The maximum atomic E-state index is 6.33. The second-order valence-electron chi connectivity index (χ2n) is 23.9. The molecule has 0 aromatic heterocycles. The molecule has 0 saturated carbocycles. The predicted molar refractivity (Wildman–Crippen MR) is 335 cm³/mol. The number of hydrogen-bond acceptors (Lipinski definition) is 7. The van der Waals surface area contributed by atoms with Crippen LogP contribution in [0.4, 0.5) is 0 Å². The monoisotopic (exact) mass is 1100 g/mol. The van der Waals surface area contributed by atoms with Gasteiger partial charge in [0.1, 0.15) is 0 Å². The third-order valence-electron chi connectivity index (χ3n) is 16.3. The molecule has 7 nitrogen and oxygen atoms in total. The van der Waals surface area contributed by atoms with E-state index in [1.54, 1.807) is 14.2 Å². The van der Waals surface area contributed by atoms with Crippen LogP contribution in [0, 0.1) is 0 Å². The van der Waals surface area contributed by atoms with Gasteiger partial charge in [0.2, 0.25) is 0 Å². The smallest absolute Gasteiger partial charge is 0.160 e. The molecular weight excluding hydrogens is 953 g/mol. The Labute approximate surface area is 484 Å². The molecule has 2 atom stereocenters. The summed E-state index contributed by atoms with van der Waals surface area (Å²) in [5.41, 5.74) is 0. The van der Waals surface area contributed by atoms with Crippen LogP contribution in [0.15, 0.2) is 0 Å². The highest BCUT2D eigenvalue weighted by Gasteiger charge is 2.16. The van der Waals surface area contributed by atoms with E-state index < -0.39 is 0 Å². The lowest BCUT2D eigenvalue weighted by atomic mass is 10.0. The van der Waals surface area contributed by atoms with Crippen LogP contribution in [0.25, 0.3) is 0 Å². The van der Waals surface area contributed by atoms with Crippen LogP contribution in [-0.2, 0) is 33.2 Å². The average Bonchev–Trinajstić information content (AvgIpc) is 3.44. The summed E-state index contributed by atoms with van der Waals surface area (Å²) in [4.78, 5) is 0. The summed E-state index contributed by atoms with van der Waals surface area (Å²) >= 11 is 0. The summed E-state index contributed by atoms with van der Waals surface area (Å²) in [6, 6.07) is 0. The first-order valence-corrected chi connectivity index (χ1v) is 35.3. The Morgan fingerprint density at radius 3 is 0.519 bits per heavy atom. The number of hydrogen-bond donors (Lipinski definition) is 0. The Balaban J connectivity index is 4.07. The fourth-order valence-electron chi connectivity index (χ4n) is 11.0. The molecule has 0 aliphatic carbocycles. The Morgan fingerprint density at radius 2 is 0.338 bits per heavy atom. The van der Waals surface area contributed by atoms with Crippen LogP contribution >= 0.6 is 0 Å².